The van der Waals surface area contributed by atoms with Crippen molar-refractivity contribution in [3.05, 3.63) is 17.6 Å². The number of hydrogen-bond acceptors (Lipinski definition) is 6. The highest BCUT2D eigenvalue weighted by atomic mass is 32.1. The third-order valence-corrected chi connectivity index (χ3v) is 2.81. The highest BCUT2D eigenvalue weighted by Gasteiger charge is 2.08. The van der Waals surface area contributed by atoms with E-state index in [0.717, 1.165) is 30.8 Å². The van der Waals surface area contributed by atoms with Crippen LogP contribution in [0.3, 0.4) is 0 Å². The molecule has 0 saturated heterocycles. The van der Waals surface area contributed by atoms with Crippen molar-refractivity contribution in [3.8, 4) is 10.8 Å². The molecule has 2 aromatic heterocycles. The molecule has 0 radical (unpaired) electrons. The van der Waals surface area contributed by atoms with E-state index in [1.165, 1.54) is 11.3 Å². The second-order valence-corrected chi connectivity index (χ2v) is 4.25. The van der Waals surface area contributed by atoms with E-state index in [9.17, 15) is 0 Å². The first kappa shape index (κ1) is 11.2. The van der Waals surface area contributed by atoms with Gasteiger partial charge < -0.3 is 9.73 Å². The van der Waals surface area contributed by atoms with Gasteiger partial charge >= 0.3 is 0 Å². The Hall–Kier alpha value is -1.27. The molecule has 0 spiro atoms. The Bertz CT molecular complexity index is 412. The van der Waals surface area contributed by atoms with Gasteiger partial charge in [-0.25, -0.2) is 0 Å². The molecular weight excluding hydrogens is 224 g/mol. The average Bonchev–Trinajstić information content (AvgIpc) is 2.94. The lowest BCUT2D eigenvalue weighted by molar-refractivity contribution is 0.495. The number of rotatable bonds is 6. The van der Waals surface area contributed by atoms with Gasteiger partial charge in [0, 0.05) is 13.0 Å². The van der Waals surface area contributed by atoms with Crippen molar-refractivity contribution in [2.45, 2.75) is 19.8 Å². The summed E-state index contributed by atoms with van der Waals surface area (Å²) < 4.78 is 5.52. The smallest absolute Gasteiger partial charge is 0.259 e. The summed E-state index contributed by atoms with van der Waals surface area (Å²) in [5.41, 5.74) is 1.75. The summed E-state index contributed by atoms with van der Waals surface area (Å²) in [5.74, 6) is 1.24. The second kappa shape index (κ2) is 5.72. The molecule has 0 fully saturated rings. The van der Waals surface area contributed by atoms with Gasteiger partial charge in [-0.05, 0) is 13.0 Å². The fourth-order valence-corrected chi connectivity index (χ4v) is 1.81. The van der Waals surface area contributed by atoms with Crippen molar-refractivity contribution in [3.63, 3.8) is 0 Å². The topological polar surface area (TPSA) is 63.8 Å². The first-order chi connectivity index (χ1) is 7.90. The molecule has 16 heavy (non-hydrogen) atoms. The summed E-state index contributed by atoms with van der Waals surface area (Å²) in [6, 6.07) is 0. The minimum Gasteiger partial charge on any atom is -0.420 e. The molecule has 0 unspecified atom stereocenters. The Morgan fingerprint density at radius 2 is 2.31 bits per heavy atom. The molecule has 86 valence electrons. The monoisotopic (exact) mass is 238 g/mol. The maximum absolute atomic E-state index is 5.52. The summed E-state index contributed by atoms with van der Waals surface area (Å²) in [6.45, 7) is 4.04. The molecule has 0 bridgehead atoms. The predicted octanol–water partition coefficient (Wildman–Crippen LogP) is 1.74. The average molecular weight is 238 g/mol. The van der Waals surface area contributed by atoms with Crippen molar-refractivity contribution >= 4 is 11.3 Å². The Morgan fingerprint density at radius 1 is 1.38 bits per heavy atom. The number of nitrogens with zero attached hydrogens (tertiary/aromatic N) is 3. The summed E-state index contributed by atoms with van der Waals surface area (Å²) in [7, 11) is 0. The molecular formula is C10H14N4OS. The first-order valence-electron chi connectivity index (χ1n) is 5.32. The molecule has 1 N–H and O–H groups in total. The highest BCUT2D eigenvalue weighted by molar-refractivity contribution is 7.13. The normalized spacial score (nSPS) is 10.8. The van der Waals surface area contributed by atoms with Crippen molar-refractivity contribution in [1.29, 1.82) is 0 Å². The summed E-state index contributed by atoms with van der Waals surface area (Å²) in [6.07, 6.45) is 3.64. The molecule has 0 atom stereocenters. The van der Waals surface area contributed by atoms with Gasteiger partial charge in [0.25, 0.3) is 5.89 Å². The van der Waals surface area contributed by atoms with Crippen LogP contribution in [0, 0.1) is 0 Å². The maximum atomic E-state index is 5.52. The first-order valence-corrected chi connectivity index (χ1v) is 6.20. The summed E-state index contributed by atoms with van der Waals surface area (Å²) in [5, 5.41) is 11.3. The molecule has 0 amide bonds. The van der Waals surface area contributed by atoms with E-state index in [1.807, 2.05) is 0 Å². The number of thiazole rings is 1. The third kappa shape index (κ3) is 2.86. The fraction of sp³-hybridized carbons (Fsp3) is 0.500. The molecule has 0 aliphatic rings. The van der Waals surface area contributed by atoms with E-state index in [2.05, 4.69) is 27.4 Å². The maximum Gasteiger partial charge on any atom is 0.259 e. The lowest BCUT2D eigenvalue weighted by Gasteiger charge is -1.98. The molecule has 6 heteroatoms. The molecule has 0 saturated carbocycles. The van der Waals surface area contributed by atoms with Crippen LogP contribution in [0.1, 0.15) is 19.2 Å². The largest absolute Gasteiger partial charge is 0.420 e. The van der Waals surface area contributed by atoms with Gasteiger partial charge in [-0.15, -0.1) is 21.5 Å². The summed E-state index contributed by atoms with van der Waals surface area (Å²) in [4.78, 5) is 4.89. The van der Waals surface area contributed by atoms with E-state index in [4.69, 9.17) is 4.42 Å². The van der Waals surface area contributed by atoms with E-state index in [-0.39, 0.29) is 0 Å². The number of hydrogen-bond donors (Lipinski definition) is 1. The number of aromatic nitrogens is 3. The van der Waals surface area contributed by atoms with Crippen molar-refractivity contribution in [1.82, 2.24) is 20.5 Å². The SMILES string of the molecule is CCCNCCc1nnc(-c2cncs2)o1. The van der Waals surface area contributed by atoms with Gasteiger partial charge in [0.2, 0.25) is 5.89 Å². The minimum absolute atomic E-state index is 0.563. The molecule has 2 rings (SSSR count). The van der Waals surface area contributed by atoms with Gasteiger partial charge in [0.05, 0.1) is 11.7 Å². The van der Waals surface area contributed by atoms with Crippen LogP contribution in [0.2, 0.25) is 0 Å². The van der Waals surface area contributed by atoms with Gasteiger partial charge in [0.1, 0.15) is 4.88 Å². The predicted molar refractivity (Wildman–Crippen MR) is 62.3 cm³/mol. The van der Waals surface area contributed by atoms with Crippen LogP contribution < -0.4 is 5.32 Å². The van der Waals surface area contributed by atoms with Crippen LogP contribution in [0.15, 0.2) is 16.1 Å². The zero-order valence-electron chi connectivity index (χ0n) is 9.14. The van der Waals surface area contributed by atoms with Crippen LogP contribution in [0.5, 0.6) is 0 Å². The molecule has 5 nitrogen and oxygen atoms in total. The zero-order valence-corrected chi connectivity index (χ0v) is 9.96. The van der Waals surface area contributed by atoms with Gasteiger partial charge in [0.15, 0.2) is 0 Å². The van der Waals surface area contributed by atoms with Crippen LogP contribution in [0.25, 0.3) is 10.8 Å². The summed E-state index contributed by atoms with van der Waals surface area (Å²) >= 11 is 1.50. The number of nitrogens with one attached hydrogen (secondary N) is 1. The Kier molecular flexibility index (Phi) is 4.01. The standard InChI is InChI=1S/C10H14N4OS/c1-2-4-11-5-3-9-13-14-10(15-9)8-6-12-7-16-8/h6-7,11H,2-5H2,1H3. The molecule has 2 aromatic rings. The third-order valence-electron chi connectivity index (χ3n) is 2.05. The lowest BCUT2D eigenvalue weighted by atomic mass is 10.4. The molecule has 0 aromatic carbocycles. The second-order valence-electron chi connectivity index (χ2n) is 3.37. The van der Waals surface area contributed by atoms with Gasteiger partial charge in [-0.3, -0.25) is 4.98 Å². The molecule has 0 aliphatic heterocycles. The Labute approximate surface area is 97.9 Å². The van der Waals surface area contributed by atoms with Crippen molar-refractivity contribution < 1.29 is 4.42 Å². The molecule has 2 heterocycles. The van der Waals surface area contributed by atoms with Crippen LogP contribution in [0.4, 0.5) is 0 Å². The Balaban J connectivity index is 1.88. The zero-order chi connectivity index (χ0) is 11.2. The van der Waals surface area contributed by atoms with Crippen molar-refractivity contribution in [2.24, 2.45) is 0 Å². The van der Waals surface area contributed by atoms with E-state index in [1.54, 1.807) is 11.7 Å². The van der Waals surface area contributed by atoms with Crippen molar-refractivity contribution in [2.75, 3.05) is 13.1 Å². The van der Waals surface area contributed by atoms with Crippen LogP contribution in [-0.2, 0) is 6.42 Å². The van der Waals surface area contributed by atoms with E-state index in [0.29, 0.717) is 11.8 Å². The van der Waals surface area contributed by atoms with Crippen LogP contribution >= 0.6 is 11.3 Å². The van der Waals surface area contributed by atoms with Crippen LogP contribution in [-0.4, -0.2) is 28.3 Å². The fourth-order valence-electron chi connectivity index (χ4n) is 1.27. The van der Waals surface area contributed by atoms with E-state index >= 15 is 0 Å². The quantitative estimate of drug-likeness (QED) is 0.776. The lowest BCUT2D eigenvalue weighted by Crippen LogP contribution is -2.17. The van der Waals surface area contributed by atoms with Gasteiger partial charge in [-0.1, -0.05) is 6.92 Å². The minimum atomic E-state index is 0.563. The van der Waals surface area contributed by atoms with E-state index < -0.39 is 0 Å². The Morgan fingerprint density at radius 3 is 3.06 bits per heavy atom. The molecule has 0 aliphatic carbocycles. The highest BCUT2D eigenvalue weighted by Crippen LogP contribution is 2.21. The van der Waals surface area contributed by atoms with Gasteiger partial charge in [-0.2, -0.15) is 0 Å².